The largest absolute Gasteiger partial charge is 0.316 e. The van der Waals surface area contributed by atoms with Crippen LogP contribution in [0.3, 0.4) is 0 Å². The molecule has 39 valence electrons. The highest BCUT2D eigenvalue weighted by atomic mass is 24.3. The lowest BCUT2D eigenvalue weighted by Crippen LogP contribution is -1.62. The molecule has 0 saturated carbocycles. The third kappa shape index (κ3) is 2.33. The molecular formula is C7H9Mg. The minimum atomic E-state index is 0. The smallest absolute Gasteiger partial charge is 0.0622 e. The van der Waals surface area contributed by atoms with Crippen LogP contribution in [0.25, 0.3) is 0 Å². The Morgan fingerprint density at radius 1 is 1.00 bits per heavy atom. The fourth-order valence-electron chi connectivity index (χ4n) is 0.478. The van der Waals surface area contributed by atoms with Crippen LogP contribution in [0, 0.1) is 6.92 Å². The second-order valence-corrected chi connectivity index (χ2v) is 1.49. The van der Waals surface area contributed by atoms with Crippen molar-refractivity contribution in [2.45, 2.75) is 0 Å². The lowest BCUT2D eigenvalue weighted by atomic mass is 10.2. The molecule has 0 aliphatic heterocycles. The van der Waals surface area contributed by atoms with Gasteiger partial charge in [-0.1, -0.05) is 30.3 Å². The molecule has 0 saturated heterocycles. The molecule has 0 aliphatic rings. The van der Waals surface area contributed by atoms with E-state index in [9.17, 15) is 0 Å². The molecular weight excluding hydrogens is 108 g/mol. The van der Waals surface area contributed by atoms with Crippen molar-refractivity contribution in [3.05, 3.63) is 42.8 Å². The predicted octanol–water partition coefficient (Wildman–Crippen LogP) is 0.953. The Hall–Kier alpha value is -0.0138. The third-order valence-electron chi connectivity index (χ3n) is 0.843. The summed E-state index contributed by atoms with van der Waals surface area (Å²) in [4.78, 5) is 0. The van der Waals surface area contributed by atoms with Gasteiger partial charge in [0.25, 0.3) is 0 Å². The van der Waals surface area contributed by atoms with Gasteiger partial charge in [-0.05, 0) is 12.5 Å². The molecule has 8 heavy (non-hydrogen) atoms. The van der Waals surface area contributed by atoms with Crippen molar-refractivity contribution in [1.29, 1.82) is 0 Å². The van der Waals surface area contributed by atoms with E-state index in [2.05, 4.69) is 6.92 Å². The molecule has 1 heteroatoms. The second-order valence-electron chi connectivity index (χ2n) is 1.49. The highest BCUT2D eigenvalue weighted by Gasteiger charge is 1.72. The Bertz CT molecular complexity index is 134. The molecule has 0 amide bonds. The van der Waals surface area contributed by atoms with Crippen molar-refractivity contribution in [2.75, 3.05) is 0 Å². The summed E-state index contributed by atoms with van der Waals surface area (Å²) in [6.45, 7) is 3.72. The summed E-state index contributed by atoms with van der Waals surface area (Å²) in [5.41, 5.74) is 1.07. The average Bonchev–Trinajstić information content (AvgIpc) is 1.69. The summed E-state index contributed by atoms with van der Waals surface area (Å²) in [7, 11) is 0. The normalized spacial score (nSPS) is 7.62. The van der Waals surface area contributed by atoms with Gasteiger partial charge in [0.2, 0.25) is 0 Å². The van der Waals surface area contributed by atoms with Gasteiger partial charge in [-0.15, -0.1) is 0 Å². The monoisotopic (exact) mass is 117 g/mol. The second kappa shape index (κ2) is 3.93. The van der Waals surface area contributed by atoms with Crippen LogP contribution in [0.1, 0.15) is 5.56 Å². The van der Waals surface area contributed by atoms with Crippen molar-refractivity contribution >= 4 is 23.1 Å². The van der Waals surface area contributed by atoms with E-state index >= 15 is 0 Å². The quantitative estimate of drug-likeness (QED) is 0.444. The fourth-order valence-corrected chi connectivity index (χ4v) is 0.478. The molecule has 0 aliphatic carbocycles. The Kier molecular flexibility index (Phi) is 3.92. The molecule has 0 N–H and O–H groups in total. The SMILES string of the molecule is [CH2]c1ccccc1.[MgH2]. The van der Waals surface area contributed by atoms with Gasteiger partial charge in [0, 0.05) is 0 Å². The topological polar surface area (TPSA) is 0 Å². The highest BCUT2D eigenvalue weighted by Crippen LogP contribution is 1.92. The molecule has 1 aromatic carbocycles. The summed E-state index contributed by atoms with van der Waals surface area (Å²) in [6, 6.07) is 9.87. The zero-order valence-electron chi connectivity index (χ0n) is 4.09. The van der Waals surface area contributed by atoms with E-state index in [1.54, 1.807) is 0 Å². The molecule has 0 spiro atoms. The third-order valence-corrected chi connectivity index (χ3v) is 0.843. The molecule has 0 aromatic heterocycles. The van der Waals surface area contributed by atoms with Crippen LogP contribution in [-0.4, -0.2) is 23.1 Å². The Balaban J connectivity index is 0.000000490. The van der Waals surface area contributed by atoms with E-state index in [1.807, 2.05) is 30.3 Å². The van der Waals surface area contributed by atoms with Gasteiger partial charge in [-0.2, -0.15) is 0 Å². The van der Waals surface area contributed by atoms with Gasteiger partial charge in [0.15, 0.2) is 0 Å². The van der Waals surface area contributed by atoms with Crippen LogP contribution in [0.4, 0.5) is 0 Å². The van der Waals surface area contributed by atoms with E-state index < -0.39 is 0 Å². The van der Waals surface area contributed by atoms with Gasteiger partial charge in [-0.25, -0.2) is 0 Å². The van der Waals surface area contributed by atoms with Crippen molar-refractivity contribution in [2.24, 2.45) is 0 Å². The minimum Gasteiger partial charge on any atom is -0.0622 e. The number of hydrogen-bond acceptors (Lipinski definition) is 0. The van der Waals surface area contributed by atoms with Gasteiger partial charge < -0.3 is 0 Å². The summed E-state index contributed by atoms with van der Waals surface area (Å²) < 4.78 is 0. The first-order valence-corrected chi connectivity index (χ1v) is 2.26. The highest BCUT2D eigenvalue weighted by molar-refractivity contribution is 5.75. The average molecular weight is 117 g/mol. The molecule has 1 radical (unpaired) electrons. The predicted molar refractivity (Wildman–Crippen MR) is 39.4 cm³/mol. The Labute approximate surface area is 66.1 Å². The van der Waals surface area contributed by atoms with Crippen LogP contribution >= 0.6 is 0 Å². The van der Waals surface area contributed by atoms with Crippen molar-refractivity contribution in [3.8, 4) is 0 Å². The van der Waals surface area contributed by atoms with E-state index in [-0.39, 0.29) is 23.1 Å². The molecule has 1 rings (SSSR count). The van der Waals surface area contributed by atoms with E-state index in [4.69, 9.17) is 0 Å². The molecule has 1 aromatic rings. The zero-order valence-corrected chi connectivity index (χ0v) is 4.09. The summed E-state index contributed by atoms with van der Waals surface area (Å²) in [5, 5.41) is 0. The lowest BCUT2D eigenvalue weighted by molar-refractivity contribution is 1.62. The Morgan fingerprint density at radius 3 is 1.75 bits per heavy atom. The van der Waals surface area contributed by atoms with Crippen LogP contribution in [0.15, 0.2) is 30.3 Å². The van der Waals surface area contributed by atoms with E-state index in [0.717, 1.165) is 5.56 Å². The summed E-state index contributed by atoms with van der Waals surface area (Å²) in [6.07, 6.45) is 0. The van der Waals surface area contributed by atoms with Crippen molar-refractivity contribution in [1.82, 2.24) is 0 Å². The molecule has 0 bridgehead atoms. The summed E-state index contributed by atoms with van der Waals surface area (Å²) >= 11 is 0. The standard InChI is InChI=1S/C7H7.Mg.2H/c1-7-5-3-2-4-6-7;;;/h2-6H,1H2;;;. The first-order valence-electron chi connectivity index (χ1n) is 2.26. The molecule has 0 atom stereocenters. The first kappa shape index (κ1) is 7.99. The number of hydrogen-bond donors (Lipinski definition) is 0. The van der Waals surface area contributed by atoms with Gasteiger partial charge in [0.1, 0.15) is 0 Å². The fraction of sp³-hybridized carbons (Fsp3) is 0. The molecule has 0 nitrogen and oxygen atoms in total. The van der Waals surface area contributed by atoms with E-state index in [0.29, 0.717) is 0 Å². The molecule has 0 unspecified atom stereocenters. The lowest BCUT2D eigenvalue weighted by Gasteiger charge is -1.82. The number of benzene rings is 1. The maximum Gasteiger partial charge on any atom is 0.316 e. The van der Waals surface area contributed by atoms with Gasteiger partial charge in [-0.3, -0.25) is 0 Å². The van der Waals surface area contributed by atoms with Crippen molar-refractivity contribution in [3.63, 3.8) is 0 Å². The summed E-state index contributed by atoms with van der Waals surface area (Å²) in [5.74, 6) is 0. The van der Waals surface area contributed by atoms with E-state index in [1.165, 1.54) is 0 Å². The maximum absolute atomic E-state index is 3.72. The maximum atomic E-state index is 3.72. The van der Waals surface area contributed by atoms with Crippen molar-refractivity contribution < 1.29 is 0 Å². The van der Waals surface area contributed by atoms with Crippen LogP contribution in [-0.2, 0) is 0 Å². The van der Waals surface area contributed by atoms with Gasteiger partial charge in [0.05, 0.1) is 0 Å². The number of rotatable bonds is 0. The van der Waals surface area contributed by atoms with Gasteiger partial charge >= 0.3 is 23.1 Å². The van der Waals surface area contributed by atoms with Crippen LogP contribution in [0.5, 0.6) is 0 Å². The first-order chi connectivity index (χ1) is 3.39. The zero-order chi connectivity index (χ0) is 5.11. The van der Waals surface area contributed by atoms with Crippen LogP contribution in [0.2, 0.25) is 0 Å². The molecule has 0 heterocycles. The Morgan fingerprint density at radius 2 is 1.50 bits per heavy atom. The minimum absolute atomic E-state index is 0. The van der Waals surface area contributed by atoms with Crippen LogP contribution < -0.4 is 0 Å². The molecule has 0 fully saturated rings.